The van der Waals surface area contributed by atoms with Crippen molar-refractivity contribution in [2.45, 2.75) is 45.8 Å². The van der Waals surface area contributed by atoms with Gasteiger partial charge in [0.15, 0.2) is 0 Å². The van der Waals surface area contributed by atoms with E-state index in [2.05, 4.69) is 55.9 Å². The Morgan fingerprint density at radius 2 is 2.15 bits per heavy atom. The number of aryl methyl sites for hydroxylation is 1. The molecule has 1 fully saturated rings. The number of hydrogen-bond donors (Lipinski definition) is 1. The van der Waals surface area contributed by atoms with E-state index in [1.165, 1.54) is 34.1 Å². The minimum Gasteiger partial charge on any atom is -0.330 e. The molecule has 20 heavy (non-hydrogen) atoms. The molecule has 0 unspecified atom stereocenters. The first-order valence-corrected chi connectivity index (χ1v) is 7.92. The molecule has 3 rings (SSSR count). The van der Waals surface area contributed by atoms with E-state index in [4.69, 9.17) is 0 Å². The average molecular weight is 334 g/mol. The van der Waals surface area contributed by atoms with Gasteiger partial charge in [-0.3, -0.25) is 0 Å². The molecule has 1 saturated carbocycles. The van der Waals surface area contributed by atoms with Gasteiger partial charge in [-0.05, 0) is 43.9 Å². The number of nitrogens with zero attached hydrogens (tertiary/aromatic N) is 2. The molecule has 0 spiro atoms. The van der Waals surface area contributed by atoms with E-state index in [-0.39, 0.29) is 0 Å². The maximum Gasteiger partial charge on any atom is 0.0954 e. The number of hydrogen-bond acceptors (Lipinski definition) is 2. The summed E-state index contributed by atoms with van der Waals surface area (Å²) in [5.41, 5.74) is 4.97. The molecule has 4 heteroatoms. The predicted octanol–water partition coefficient (Wildman–Crippen LogP) is 3.56. The molecule has 1 aromatic heterocycles. The molecule has 0 radical (unpaired) electrons. The van der Waals surface area contributed by atoms with Crippen LogP contribution in [-0.2, 0) is 13.1 Å². The highest BCUT2D eigenvalue weighted by Crippen LogP contribution is 2.23. The molecule has 1 heterocycles. The first kappa shape index (κ1) is 13.8. The monoisotopic (exact) mass is 333 g/mol. The van der Waals surface area contributed by atoms with Gasteiger partial charge in [-0.2, -0.15) is 0 Å². The van der Waals surface area contributed by atoms with Crippen LogP contribution in [0.2, 0.25) is 0 Å². The molecule has 1 aliphatic carbocycles. The van der Waals surface area contributed by atoms with Gasteiger partial charge < -0.3 is 9.88 Å². The van der Waals surface area contributed by atoms with Crippen LogP contribution in [0.3, 0.4) is 0 Å². The molecule has 1 aromatic carbocycles. The summed E-state index contributed by atoms with van der Waals surface area (Å²) in [4.78, 5) is 4.35. The summed E-state index contributed by atoms with van der Waals surface area (Å²) in [6.45, 7) is 5.99. The zero-order valence-corrected chi connectivity index (χ0v) is 13.6. The number of aromatic nitrogens is 2. The van der Waals surface area contributed by atoms with Crippen molar-refractivity contribution in [2.75, 3.05) is 0 Å². The summed E-state index contributed by atoms with van der Waals surface area (Å²) < 4.78 is 3.37. The topological polar surface area (TPSA) is 29.9 Å². The molecule has 0 atom stereocenters. The van der Waals surface area contributed by atoms with Crippen LogP contribution in [0.25, 0.3) is 0 Å². The molecule has 1 aliphatic rings. The van der Waals surface area contributed by atoms with Crippen LogP contribution in [0.15, 0.2) is 29.0 Å². The Kier molecular flexibility index (Phi) is 3.94. The Morgan fingerprint density at radius 3 is 2.75 bits per heavy atom. The lowest BCUT2D eigenvalue weighted by molar-refractivity contribution is 0.686. The first-order valence-electron chi connectivity index (χ1n) is 7.12. The van der Waals surface area contributed by atoms with E-state index in [1.54, 1.807) is 0 Å². The Bertz CT molecular complexity index is 614. The fourth-order valence-electron chi connectivity index (χ4n) is 2.27. The molecule has 0 saturated heterocycles. The standard InChI is InChI=1S/C16H20BrN3/c1-11-12(2)20(10-19-11)9-14-4-3-13(7-16(14)17)8-18-15-5-6-15/h3-4,7,10,15,18H,5-6,8-9H2,1-2H3. The van der Waals surface area contributed by atoms with Crippen molar-refractivity contribution in [1.29, 1.82) is 0 Å². The normalized spacial score (nSPS) is 14.8. The average Bonchev–Trinajstić information content (AvgIpc) is 3.21. The fraction of sp³-hybridized carbons (Fsp3) is 0.438. The van der Waals surface area contributed by atoms with Gasteiger partial charge in [0.05, 0.1) is 12.0 Å². The summed E-state index contributed by atoms with van der Waals surface area (Å²) in [7, 11) is 0. The third-order valence-electron chi connectivity index (χ3n) is 3.98. The summed E-state index contributed by atoms with van der Waals surface area (Å²) in [5.74, 6) is 0. The largest absolute Gasteiger partial charge is 0.330 e. The van der Waals surface area contributed by atoms with E-state index in [1.807, 2.05) is 13.3 Å². The summed E-state index contributed by atoms with van der Waals surface area (Å²) in [6.07, 6.45) is 4.58. The Balaban J connectivity index is 1.71. The number of imidazole rings is 1. The van der Waals surface area contributed by atoms with E-state index in [9.17, 15) is 0 Å². The van der Waals surface area contributed by atoms with Crippen molar-refractivity contribution >= 4 is 15.9 Å². The number of benzene rings is 1. The van der Waals surface area contributed by atoms with Crippen LogP contribution in [-0.4, -0.2) is 15.6 Å². The molecule has 0 aliphatic heterocycles. The van der Waals surface area contributed by atoms with Crippen LogP contribution < -0.4 is 5.32 Å². The molecule has 3 nitrogen and oxygen atoms in total. The number of halogens is 1. The lowest BCUT2D eigenvalue weighted by Gasteiger charge is -2.10. The van der Waals surface area contributed by atoms with Gasteiger partial charge in [0.25, 0.3) is 0 Å². The molecule has 106 valence electrons. The van der Waals surface area contributed by atoms with Crippen molar-refractivity contribution in [2.24, 2.45) is 0 Å². The van der Waals surface area contributed by atoms with Crippen LogP contribution in [0.1, 0.15) is 35.4 Å². The van der Waals surface area contributed by atoms with Gasteiger partial charge >= 0.3 is 0 Å². The second-order valence-electron chi connectivity index (χ2n) is 5.62. The maximum atomic E-state index is 4.35. The van der Waals surface area contributed by atoms with Crippen molar-refractivity contribution < 1.29 is 0 Å². The highest BCUT2D eigenvalue weighted by atomic mass is 79.9. The van der Waals surface area contributed by atoms with E-state index in [0.717, 1.165) is 24.8 Å². The minimum absolute atomic E-state index is 0.755. The summed E-state index contributed by atoms with van der Waals surface area (Å²) >= 11 is 3.70. The quantitative estimate of drug-likeness (QED) is 0.906. The van der Waals surface area contributed by atoms with E-state index in [0.29, 0.717) is 0 Å². The zero-order chi connectivity index (χ0) is 14.1. The lowest BCUT2D eigenvalue weighted by Crippen LogP contribution is -2.15. The van der Waals surface area contributed by atoms with Gasteiger partial charge in [0.2, 0.25) is 0 Å². The van der Waals surface area contributed by atoms with Gasteiger partial charge in [0, 0.05) is 29.3 Å². The van der Waals surface area contributed by atoms with Gasteiger partial charge in [-0.1, -0.05) is 28.1 Å². The predicted molar refractivity (Wildman–Crippen MR) is 84.8 cm³/mol. The van der Waals surface area contributed by atoms with Gasteiger partial charge in [-0.25, -0.2) is 4.98 Å². The summed E-state index contributed by atoms with van der Waals surface area (Å²) in [6, 6.07) is 7.41. The Morgan fingerprint density at radius 1 is 1.35 bits per heavy atom. The van der Waals surface area contributed by atoms with Crippen molar-refractivity contribution in [3.63, 3.8) is 0 Å². The number of rotatable bonds is 5. The molecule has 1 N–H and O–H groups in total. The molecule has 0 amide bonds. The summed E-state index contributed by atoms with van der Waals surface area (Å²) in [5, 5.41) is 3.55. The van der Waals surface area contributed by atoms with Gasteiger partial charge in [0.1, 0.15) is 0 Å². The third-order valence-corrected chi connectivity index (χ3v) is 4.71. The molecular formula is C16H20BrN3. The van der Waals surface area contributed by atoms with E-state index >= 15 is 0 Å². The molecule has 2 aromatic rings. The second-order valence-corrected chi connectivity index (χ2v) is 6.48. The van der Waals surface area contributed by atoms with Crippen molar-refractivity contribution in [1.82, 2.24) is 14.9 Å². The lowest BCUT2D eigenvalue weighted by atomic mass is 10.1. The Labute approximate surface area is 128 Å². The molecule has 0 bridgehead atoms. The highest BCUT2D eigenvalue weighted by Gasteiger charge is 2.19. The maximum absolute atomic E-state index is 4.35. The smallest absolute Gasteiger partial charge is 0.0954 e. The SMILES string of the molecule is Cc1ncn(Cc2ccc(CNC3CC3)cc2Br)c1C. The highest BCUT2D eigenvalue weighted by molar-refractivity contribution is 9.10. The zero-order valence-electron chi connectivity index (χ0n) is 12.0. The Hall–Kier alpha value is -1.13. The minimum atomic E-state index is 0.755. The first-order chi connectivity index (χ1) is 9.63. The number of nitrogens with one attached hydrogen (secondary N) is 1. The van der Waals surface area contributed by atoms with Gasteiger partial charge in [-0.15, -0.1) is 0 Å². The molecular weight excluding hydrogens is 314 g/mol. The van der Waals surface area contributed by atoms with Crippen LogP contribution in [0.5, 0.6) is 0 Å². The second kappa shape index (κ2) is 5.70. The van der Waals surface area contributed by atoms with Crippen LogP contribution in [0, 0.1) is 13.8 Å². The van der Waals surface area contributed by atoms with Crippen LogP contribution >= 0.6 is 15.9 Å². The van der Waals surface area contributed by atoms with E-state index < -0.39 is 0 Å². The van der Waals surface area contributed by atoms with Crippen LogP contribution in [0.4, 0.5) is 0 Å². The van der Waals surface area contributed by atoms with Crippen molar-refractivity contribution in [3.8, 4) is 0 Å². The third kappa shape index (κ3) is 3.13. The fourth-order valence-corrected chi connectivity index (χ4v) is 2.82. The van der Waals surface area contributed by atoms with Crippen molar-refractivity contribution in [3.05, 3.63) is 51.5 Å².